The summed E-state index contributed by atoms with van der Waals surface area (Å²) >= 11 is 0. The molecule has 242 valence electrons. The van der Waals surface area contributed by atoms with Gasteiger partial charge in [-0.1, -0.05) is 31.1 Å². The first kappa shape index (κ1) is 33.8. The van der Waals surface area contributed by atoms with Crippen molar-refractivity contribution in [2.75, 3.05) is 13.7 Å². The number of unbranched alkanes of at least 4 members (excludes halogenated alkanes) is 3. The molecule has 0 amide bonds. The molecule has 0 aromatic heterocycles. The highest BCUT2D eigenvalue weighted by molar-refractivity contribution is 6.20. The quantitative estimate of drug-likeness (QED) is 0.102. The van der Waals surface area contributed by atoms with Crippen molar-refractivity contribution in [3.05, 3.63) is 34.9 Å². The fourth-order valence-corrected chi connectivity index (χ4v) is 7.09. The van der Waals surface area contributed by atoms with Gasteiger partial charge in [-0.05, 0) is 79.1 Å². The highest BCUT2D eigenvalue weighted by Crippen LogP contribution is 2.55. The number of methoxy groups -OCH3 is 1. The molecule has 10 nitrogen and oxygen atoms in total. The third kappa shape index (κ3) is 7.07. The maximum absolute atomic E-state index is 14.6. The summed E-state index contributed by atoms with van der Waals surface area (Å²) in [5, 5.41) is 0. The van der Waals surface area contributed by atoms with Gasteiger partial charge < -0.3 is 23.7 Å². The van der Waals surface area contributed by atoms with E-state index in [1.54, 1.807) is 26.8 Å². The Bertz CT molecular complexity index is 1280. The zero-order chi connectivity index (χ0) is 32.4. The maximum Gasteiger partial charge on any atom is 0.343 e. The van der Waals surface area contributed by atoms with Crippen LogP contribution in [0.4, 0.5) is 0 Å². The molecule has 2 heterocycles. The molecule has 4 rings (SSSR count). The SMILES string of the molecule is C/C=C/CCCCC[C@H]1C=C2C(=O)[C@@H](C3=C(C[C@@]2(CC(=O)OC(C)(C)C)C(=O)OC)C(=O)OC3=O)[C@@H]1C[C@H]1COC(C)(C)O1. The summed E-state index contributed by atoms with van der Waals surface area (Å²) in [7, 11) is 1.17. The number of ketones is 1. The Morgan fingerprint density at radius 1 is 1.09 bits per heavy atom. The van der Waals surface area contributed by atoms with Gasteiger partial charge in [-0.15, -0.1) is 0 Å². The van der Waals surface area contributed by atoms with Crippen molar-refractivity contribution in [3.63, 3.8) is 0 Å². The summed E-state index contributed by atoms with van der Waals surface area (Å²) in [5.74, 6) is -6.39. The maximum atomic E-state index is 14.6. The highest BCUT2D eigenvalue weighted by Gasteiger charge is 2.60. The number of esters is 4. The van der Waals surface area contributed by atoms with Crippen LogP contribution in [0.25, 0.3) is 0 Å². The molecule has 0 spiro atoms. The van der Waals surface area contributed by atoms with Gasteiger partial charge in [0.2, 0.25) is 0 Å². The number of allylic oxidation sites excluding steroid dienone is 3. The van der Waals surface area contributed by atoms with Gasteiger partial charge in [0, 0.05) is 12.0 Å². The fourth-order valence-electron chi connectivity index (χ4n) is 7.09. The number of fused-ring (bicyclic) bond motifs is 3. The van der Waals surface area contributed by atoms with E-state index in [1.807, 2.05) is 26.8 Å². The zero-order valence-corrected chi connectivity index (χ0v) is 27.0. The molecular weight excluding hydrogens is 568 g/mol. The van der Waals surface area contributed by atoms with E-state index in [-0.39, 0.29) is 35.2 Å². The number of ether oxygens (including phenoxy) is 5. The van der Waals surface area contributed by atoms with Crippen LogP contribution in [-0.2, 0) is 47.7 Å². The molecular formula is C34H46O10. The van der Waals surface area contributed by atoms with Crippen LogP contribution >= 0.6 is 0 Å². The molecule has 2 aliphatic heterocycles. The minimum absolute atomic E-state index is 0.0261. The average Bonchev–Trinajstić information content (AvgIpc) is 3.38. The van der Waals surface area contributed by atoms with Gasteiger partial charge in [0.1, 0.15) is 11.0 Å². The lowest BCUT2D eigenvalue weighted by Crippen LogP contribution is -2.46. The van der Waals surface area contributed by atoms with Crippen molar-refractivity contribution in [3.8, 4) is 0 Å². The Labute approximate surface area is 259 Å². The molecule has 0 aromatic carbocycles. The largest absolute Gasteiger partial charge is 0.468 e. The van der Waals surface area contributed by atoms with Gasteiger partial charge in [-0.25, -0.2) is 9.59 Å². The monoisotopic (exact) mass is 614 g/mol. The Balaban J connectivity index is 1.84. The van der Waals surface area contributed by atoms with Crippen molar-refractivity contribution in [2.45, 2.75) is 110 Å². The summed E-state index contributed by atoms with van der Waals surface area (Å²) < 4.78 is 27.8. The van der Waals surface area contributed by atoms with Crippen molar-refractivity contribution in [2.24, 2.45) is 23.2 Å². The third-order valence-electron chi connectivity index (χ3n) is 8.88. The number of hydrogen-bond acceptors (Lipinski definition) is 10. The zero-order valence-electron chi connectivity index (χ0n) is 27.0. The number of carbonyl (C=O) groups is 5. The Kier molecular flexibility index (Phi) is 10.0. The van der Waals surface area contributed by atoms with Crippen molar-refractivity contribution in [1.29, 1.82) is 0 Å². The predicted molar refractivity (Wildman–Crippen MR) is 159 cm³/mol. The van der Waals surface area contributed by atoms with Crippen molar-refractivity contribution in [1.82, 2.24) is 0 Å². The number of hydrogen-bond donors (Lipinski definition) is 0. The first-order chi connectivity index (χ1) is 20.6. The van der Waals surface area contributed by atoms with E-state index in [2.05, 4.69) is 6.08 Å². The second-order valence-electron chi connectivity index (χ2n) is 13.7. The average molecular weight is 615 g/mol. The normalized spacial score (nSPS) is 29.8. The van der Waals surface area contributed by atoms with E-state index >= 15 is 0 Å². The van der Waals surface area contributed by atoms with Crippen LogP contribution in [0.1, 0.15) is 92.9 Å². The predicted octanol–water partition coefficient (Wildman–Crippen LogP) is 5.09. The molecule has 0 unspecified atom stereocenters. The molecule has 0 N–H and O–H groups in total. The van der Waals surface area contributed by atoms with E-state index in [0.717, 1.165) is 25.7 Å². The van der Waals surface area contributed by atoms with E-state index < -0.39 is 64.7 Å². The summed E-state index contributed by atoms with van der Waals surface area (Å²) in [5.41, 5.74) is -2.73. The number of Topliss-reactive ketones (excluding diaryl/α,β-unsaturated/α-hetero) is 1. The molecule has 2 aliphatic carbocycles. The summed E-state index contributed by atoms with van der Waals surface area (Å²) in [6.45, 7) is 11.0. The molecule has 1 saturated heterocycles. The summed E-state index contributed by atoms with van der Waals surface area (Å²) in [4.78, 5) is 68.0. The first-order valence-electron chi connectivity index (χ1n) is 15.6. The van der Waals surface area contributed by atoms with Crippen LogP contribution in [0.3, 0.4) is 0 Å². The smallest absolute Gasteiger partial charge is 0.343 e. The molecule has 0 aromatic rings. The lowest BCUT2D eigenvalue weighted by Gasteiger charge is -2.40. The van der Waals surface area contributed by atoms with Crippen LogP contribution in [0.5, 0.6) is 0 Å². The van der Waals surface area contributed by atoms with E-state index in [1.165, 1.54) is 7.11 Å². The van der Waals surface area contributed by atoms with Gasteiger partial charge in [0.25, 0.3) is 0 Å². The highest BCUT2D eigenvalue weighted by atomic mass is 16.7. The summed E-state index contributed by atoms with van der Waals surface area (Å²) in [6.07, 6.45) is 9.48. The number of rotatable bonds is 11. The van der Waals surface area contributed by atoms with Crippen LogP contribution in [0.15, 0.2) is 34.9 Å². The Morgan fingerprint density at radius 2 is 1.82 bits per heavy atom. The number of cyclic esters (lactones) is 2. The topological polar surface area (TPSA) is 132 Å². The summed E-state index contributed by atoms with van der Waals surface area (Å²) in [6, 6.07) is 0. The fraction of sp³-hybridized carbons (Fsp3) is 0.676. The molecule has 1 fully saturated rings. The van der Waals surface area contributed by atoms with Crippen molar-refractivity contribution >= 4 is 29.7 Å². The molecule has 0 saturated carbocycles. The third-order valence-corrected chi connectivity index (χ3v) is 8.88. The van der Waals surface area contributed by atoms with Gasteiger partial charge in [0.05, 0.1) is 43.3 Å². The van der Waals surface area contributed by atoms with E-state index in [4.69, 9.17) is 23.7 Å². The molecule has 44 heavy (non-hydrogen) atoms. The minimum Gasteiger partial charge on any atom is -0.468 e. The molecule has 4 aliphatic rings. The van der Waals surface area contributed by atoms with Crippen LogP contribution in [0.2, 0.25) is 0 Å². The molecule has 2 bridgehead atoms. The Hall–Kier alpha value is -3.11. The van der Waals surface area contributed by atoms with E-state index in [9.17, 15) is 24.0 Å². The van der Waals surface area contributed by atoms with Crippen molar-refractivity contribution < 1.29 is 47.7 Å². The lowest BCUT2D eigenvalue weighted by molar-refractivity contribution is -0.165. The van der Waals surface area contributed by atoms with Gasteiger partial charge in [0.15, 0.2) is 11.6 Å². The molecule has 10 heteroatoms. The van der Waals surface area contributed by atoms with Crippen LogP contribution in [0, 0.1) is 23.2 Å². The van der Waals surface area contributed by atoms with Crippen LogP contribution in [-0.4, -0.2) is 60.9 Å². The molecule has 5 atom stereocenters. The number of carbonyl (C=O) groups excluding carboxylic acids is 5. The van der Waals surface area contributed by atoms with Gasteiger partial charge in [-0.2, -0.15) is 0 Å². The lowest BCUT2D eigenvalue weighted by atomic mass is 9.62. The van der Waals surface area contributed by atoms with Crippen LogP contribution < -0.4 is 0 Å². The van der Waals surface area contributed by atoms with Gasteiger partial charge >= 0.3 is 23.9 Å². The standard InChI is InChI=1S/C34H46O10/c1-8-9-10-11-12-13-14-20-15-24-28(36)26(22(20)16-21-19-41-33(5,6)43-21)27-23(29(37)42-30(27)38)17-34(24,31(39)40-7)18-25(35)44-32(2,3)4/h8-9,15,20-22,26H,10-14,16-19H2,1-7H3/b9-8+/t20-,21-,22+,26+,34-/m0/s1. The molecule has 0 radical (unpaired) electrons. The minimum atomic E-state index is -1.86. The second-order valence-corrected chi connectivity index (χ2v) is 13.7. The Morgan fingerprint density at radius 3 is 2.43 bits per heavy atom. The first-order valence-corrected chi connectivity index (χ1v) is 15.6. The second kappa shape index (κ2) is 13.1. The van der Waals surface area contributed by atoms with Gasteiger partial charge in [-0.3, -0.25) is 14.4 Å². The van der Waals surface area contributed by atoms with E-state index in [0.29, 0.717) is 19.4 Å².